The summed E-state index contributed by atoms with van der Waals surface area (Å²) in [4.78, 5) is 11.0. The highest BCUT2D eigenvalue weighted by atomic mass is 127. The Hall–Kier alpha value is -0.430. The Morgan fingerprint density at radius 2 is 2.14 bits per heavy atom. The SMILES string of the molecule is COC(=O)c1cc(F)c(I)c(Cl)c1F. The molecule has 1 aromatic carbocycles. The molecule has 76 valence electrons. The Morgan fingerprint density at radius 3 is 2.64 bits per heavy atom. The van der Waals surface area contributed by atoms with Crippen molar-refractivity contribution in [2.45, 2.75) is 0 Å². The molecule has 0 spiro atoms. The molecule has 0 fully saturated rings. The fourth-order valence-electron chi connectivity index (χ4n) is 0.831. The van der Waals surface area contributed by atoms with Crippen LogP contribution in [0.3, 0.4) is 0 Å². The highest BCUT2D eigenvalue weighted by Gasteiger charge is 2.20. The smallest absolute Gasteiger partial charge is 0.341 e. The highest BCUT2D eigenvalue weighted by molar-refractivity contribution is 14.1. The van der Waals surface area contributed by atoms with E-state index in [4.69, 9.17) is 11.6 Å². The predicted molar refractivity (Wildman–Crippen MR) is 55.4 cm³/mol. The number of hydrogen-bond acceptors (Lipinski definition) is 2. The molecule has 0 N–H and O–H groups in total. The summed E-state index contributed by atoms with van der Waals surface area (Å²) in [5.41, 5.74) is -0.504. The third-order valence-electron chi connectivity index (χ3n) is 1.51. The highest BCUT2D eigenvalue weighted by Crippen LogP contribution is 2.27. The van der Waals surface area contributed by atoms with Crippen LogP contribution in [-0.4, -0.2) is 13.1 Å². The van der Waals surface area contributed by atoms with Gasteiger partial charge in [0.25, 0.3) is 0 Å². The number of rotatable bonds is 1. The van der Waals surface area contributed by atoms with Crippen molar-refractivity contribution in [3.63, 3.8) is 0 Å². The number of carbonyl (C=O) groups is 1. The molecule has 0 aliphatic heterocycles. The van der Waals surface area contributed by atoms with E-state index < -0.39 is 28.2 Å². The maximum absolute atomic E-state index is 13.3. The van der Waals surface area contributed by atoms with Crippen molar-refractivity contribution >= 4 is 40.2 Å². The molecular weight excluding hydrogens is 328 g/mol. The lowest BCUT2D eigenvalue weighted by molar-refractivity contribution is 0.0595. The van der Waals surface area contributed by atoms with Gasteiger partial charge in [0.15, 0.2) is 5.82 Å². The van der Waals surface area contributed by atoms with E-state index in [0.29, 0.717) is 0 Å². The predicted octanol–water partition coefficient (Wildman–Crippen LogP) is 3.01. The van der Waals surface area contributed by atoms with Crippen molar-refractivity contribution in [1.29, 1.82) is 0 Å². The van der Waals surface area contributed by atoms with Gasteiger partial charge in [-0.1, -0.05) is 11.6 Å². The molecule has 1 aromatic rings. The normalized spacial score (nSPS) is 10.1. The Balaban J connectivity index is 3.40. The Labute approximate surface area is 97.3 Å². The van der Waals surface area contributed by atoms with Crippen molar-refractivity contribution in [3.8, 4) is 0 Å². The van der Waals surface area contributed by atoms with Crippen LogP contribution in [0.5, 0.6) is 0 Å². The summed E-state index contributed by atoms with van der Waals surface area (Å²) >= 11 is 7.01. The number of ether oxygens (including phenoxy) is 1. The zero-order chi connectivity index (χ0) is 10.9. The molecule has 0 heterocycles. The van der Waals surface area contributed by atoms with Gasteiger partial charge in [0.05, 0.1) is 21.3 Å². The second kappa shape index (κ2) is 4.39. The van der Waals surface area contributed by atoms with Crippen LogP contribution in [0.25, 0.3) is 0 Å². The molecule has 0 bridgehead atoms. The van der Waals surface area contributed by atoms with E-state index >= 15 is 0 Å². The number of halogens is 4. The fourth-order valence-corrected chi connectivity index (χ4v) is 1.42. The molecule has 0 amide bonds. The van der Waals surface area contributed by atoms with Gasteiger partial charge in [-0.2, -0.15) is 0 Å². The van der Waals surface area contributed by atoms with Crippen LogP contribution in [0.4, 0.5) is 8.78 Å². The van der Waals surface area contributed by atoms with Gasteiger partial charge in [0, 0.05) is 0 Å². The molecule has 2 nitrogen and oxygen atoms in total. The fraction of sp³-hybridized carbons (Fsp3) is 0.125. The van der Waals surface area contributed by atoms with Crippen LogP contribution in [0.15, 0.2) is 6.07 Å². The molecule has 0 radical (unpaired) electrons. The first-order valence-electron chi connectivity index (χ1n) is 3.40. The summed E-state index contributed by atoms with van der Waals surface area (Å²) in [6.07, 6.45) is 0. The van der Waals surface area contributed by atoms with Gasteiger partial charge in [-0.15, -0.1) is 0 Å². The molecule has 0 atom stereocenters. The van der Waals surface area contributed by atoms with E-state index in [1.165, 1.54) is 0 Å². The van der Waals surface area contributed by atoms with E-state index in [2.05, 4.69) is 4.74 Å². The molecule has 0 aromatic heterocycles. The monoisotopic (exact) mass is 332 g/mol. The van der Waals surface area contributed by atoms with Crippen molar-refractivity contribution in [2.75, 3.05) is 7.11 Å². The molecular formula is C8H4ClF2IO2. The number of methoxy groups -OCH3 is 1. The van der Waals surface area contributed by atoms with Gasteiger partial charge in [-0.3, -0.25) is 0 Å². The lowest BCUT2D eigenvalue weighted by Crippen LogP contribution is -2.07. The average molecular weight is 332 g/mol. The Kier molecular flexibility index (Phi) is 3.65. The van der Waals surface area contributed by atoms with Gasteiger partial charge in [-0.05, 0) is 28.7 Å². The Bertz CT molecular complexity index is 395. The maximum Gasteiger partial charge on any atom is 0.341 e. The van der Waals surface area contributed by atoms with Crippen LogP contribution in [0.1, 0.15) is 10.4 Å². The number of hydrogen-bond donors (Lipinski definition) is 0. The van der Waals surface area contributed by atoms with Crippen LogP contribution in [-0.2, 0) is 4.74 Å². The largest absolute Gasteiger partial charge is 0.465 e. The molecule has 0 saturated carbocycles. The number of carbonyl (C=O) groups excluding carboxylic acids is 1. The first-order valence-corrected chi connectivity index (χ1v) is 4.86. The Morgan fingerprint density at radius 1 is 1.57 bits per heavy atom. The van der Waals surface area contributed by atoms with Crippen molar-refractivity contribution in [1.82, 2.24) is 0 Å². The van der Waals surface area contributed by atoms with Gasteiger partial charge < -0.3 is 4.74 Å². The maximum atomic E-state index is 13.3. The molecule has 0 aliphatic carbocycles. The summed E-state index contributed by atoms with van der Waals surface area (Å²) in [6, 6.07) is 0.759. The minimum absolute atomic E-state index is 0.0607. The third-order valence-corrected chi connectivity index (χ3v) is 3.24. The van der Waals surface area contributed by atoms with E-state index in [9.17, 15) is 13.6 Å². The number of benzene rings is 1. The molecule has 0 aliphatic rings. The first-order chi connectivity index (χ1) is 6.49. The topological polar surface area (TPSA) is 26.3 Å². The average Bonchev–Trinajstić information content (AvgIpc) is 2.19. The molecule has 1 rings (SSSR count). The standard InChI is InChI=1S/C8H4ClF2IO2/c1-14-8(13)3-2-4(10)7(12)5(9)6(3)11/h2H,1H3. The summed E-state index contributed by atoms with van der Waals surface area (Å²) < 4.78 is 30.5. The van der Waals surface area contributed by atoms with Crippen molar-refractivity contribution in [3.05, 3.63) is 31.9 Å². The summed E-state index contributed by atoms with van der Waals surface area (Å²) in [6.45, 7) is 0. The lowest BCUT2D eigenvalue weighted by Gasteiger charge is -2.05. The van der Waals surface area contributed by atoms with Crippen LogP contribution in [0.2, 0.25) is 5.02 Å². The van der Waals surface area contributed by atoms with Gasteiger partial charge >= 0.3 is 5.97 Å². The van der Waals surface area contributed by atoms with E-state index in [1.807, 2.05) is 0 Å². The van der Waals surface area contributed by atoms with Crippen molar-refractivity contribution < 1.29 is 18.3 Å². The van der Waals surface area contributed by atoms with Gasteiger partial charge in [0.1, 0.15) is 5.82 Å². The number of esters is 1. The first kappa shape index (κ1) is 11.6. The minimum Gasteiger partial charge on any atom is -0.465 e. The molecule has 0 unspecified atom stereocenters. The van der Waals surface area contributed by atoms with E-state index in [1.54, 1.807) is 22.6 Å². The summed E-state index contributed by atoms with van der Waals surface area (Å²) in [5.74, 6) is -2.68. The summed E-state index contributed by atoms with van der Waals surface area (Å²) in [5, 5.41) is -0.411. The van der Waals surface area contributed by atoms with Crippen LogP contribution >= 0.6 is 34.2 Å². The lowest BCUT2D eigenvalue weighted by atomic mass is 10.2. The zero-order valence-corrected chi connectivity index (χ0v) is 9.82. The van der Waals surface area contributed by atoms with Crippen LogP contribution < -0.4 is 0 Å². The van der Waals surface area contributed by atoms with Gasteiger partial charge in [-0.25, -0.2) is 13.6 Å². The zero-order valence-electron chi connectivity index (χ0n) is 6.91. The van der Waals surface area contributed by atoms with Crippen molar-refractivity contribution in [2.24, 2.45) is 0 Å². The molecule has 0 saturated heterocycles. The minimum atomic E-state index is -0.968. The summed E-state index contributed by atoms with van der Waals surface area (Å²) in [7, 11) is 1.07. The molecule has 6 heteroatoms. The van der Waals surface area contributed by atoms with Crippen LogP contribution in [0, 0.1) is 15.2 Å². The molecule has 14 heavy (non-hydrogen) atoms. The second-order valence-corrected chi connectivity index (χ2v) is 3.80. The van der Waals surface area contributed by atoms with Gasteiger partial charge in [0.2, 0.25) is 0 Å². The van der Waals surface area contributed by atoms with E-state index in [0.717, 1.165) is 13.2 Å². The quantitative estimate of drug-likeness (QED) is 0.342. The second-order valence-electron chi connectivity index (χ2n) is 2.34. The van der Waals surface area contributed by atoms with E-state index in [-0.39, 0.29) is 3.57 Å². The third kappa shape index (κ3) is 1.98.